The Kier molecular flexibility index (Phi) is 4.42. The normalized spacial score (nSPS) is 10.7. The summed E-state index contributed by atoms with van der Waals surface area (Å²) < 4.78 is 12.3. The second kappa shape index (κ2) is 6.66. The summed E-state index contributed by atoms with van der Waals surface area (Å²) in [5.41, 5.74) is 1.41. The highest BCUT2D eigenvalue weighted by Gasteiger charge is 2.17. The number of nitrogens with zero attached hydrogens (tertiary/aromatic N) is 3. The molecule has 8 heteroatoms. The zero-order chi connectivity index (χ0) is 16.2. The third kappa shape index (κ3) is 2.98. The fourth-order valence-corrected chi connectivity index (χ4v) is 3.14. The van der Waals surface area contributed by atoms with Gasteiger partial charge in [0, 0.05) is 18.3 Å². The van der Waals surface area contributed by atoms with Gasteiger partial charge in [-0.1, -0.05) is 6.07 Å². The number of ether oxygens (including phenoxy) is 2. The highest BCUT2D eigenvalue weighted by Crippen LogP contribution is 2.27. The van der Waals surface area contributed by atoms with Crippen molar-refractivity contribution in [3.05, 3.63) is 41.2 Å². The van der Waals surface area contributed by atoms with Crippen molar-refractivity contribution in [3.8, 4) is 11.5 Å². The minimum Gasteiger partial charge on any atom is -0.496 e. The number of aromatic nitrogens is 3. The van der Waals surface area contributed by atoms with Gasteiger partial charge in [-0.05, 0) is 12.1 Å². The molecule has 120 valence electrons. The molecular formula is C15H16N4O3S. The first-order chi connectivity index (χ1) is 11.2. The lowest BCUT2D eigenvalue weighted by atomic mass is 10.1. The van der Waals surface area contributed by atoms with Gasteiger partial charge in [0.2, 0.25) is 4.96 Å². The van der Waals surface area contributed by atoms with E-state index in [1.165, 1.54) is 31.9 Å². The molecule has 3 rings (SSSR count). The Morgan fingerprint density at radius 3 is 2.74 bits per heavy atom. The minimum absolute atomic E-state index is 0.232. The first kappa shape index (κ1) is 15.3. The van der Waals surface area contributed by atoms with Gasteiger partial charge in [-0.3, -0.25) is 4.79 Å². The number of hydrogen-bond acceptors (Lipinski definition) is 6. The molecular weight excluding hydrogens is 316 g/mol. The summed E-state index contributed by atoms with van der Waals surface area (Å²) in [6, 6.07) is 5.24. The van der Waals surface area contributed by atoms with Gasteiger partial charge in [0.15, 0.2) is 0 Å². The van der Waals surface area contributed by atoms with Crippen molar-refractivity contribution in [2.45, 2.75) is 6.42 Å². The van der Waals surface area contributed by atoms with Crippen molar-refractivity contribution in [2.75, 3.05) is 20.8 Å². The molecule has 0 aliphatic heterocycles. The zero-order valence-corrected chi connectivity index (χ0v) is 13.6. The Morgan fingerprint density at radius 2 is 2.04 bits per heavy atom. The molecule has 3 aromatic rings. The minimum atomic E-state index is -0.232. The van der Waals surface area contributed by atoms with Gasteiger partial charge in [0.1, 0.15) is 23.4 Å². The second-order valence-electron chi connectivity index (χ2n) is 4.72. The largest absolute Gasteiger partial charge is 0.496 e. The van der Waals surface area contributed by atoms with E-state index in [4.69, 9.17) is 9.47 Å². The molecule has 1 aromatic carbocycles. The number of carbonyl (C=O) groups is 1. The third-order valence-corrected chi connectivity index (χ3v) is 4.29. The topological polar surface area (TPSA) is 77.8 Å². The summed E-state index contributed by atoms with van der Waals surface area (Å²) in [7, 11) is 3.05. The molecule has 0 aliphatic rings. The molecule has 0 saturated heterocycles. The van der Waals surface area contributed by atoms with Crippen molar-refractivity contribution >= 4 is 22.2 Å². The molecule has 23 heavy (non-hydrogen) atoms. The van der Waals surface area contributed by atoms with Crippen LogP contribution in [-0.2, 0) is 6.42 Å². The molecule has 1 amide bonds. The SMILES string of the molecule is COc1cccc(OC)c1C(=O)NCCc1csc2ncnn12. The van der Waals surface area contributed by atoms with E-state index < -0.39 is 0 Å². The molecule has 0 unspecified atom stereocenters. The number of hydrogen-bond donors (Lipinski definition) is 1. The Balaban J connectivity index is 1.69. The molecule has 0 fully saturated rings. The van der Waals surface area contributed by atoms with Crippen molar-refractivity contribution in [2.24, 2.45) is 0 Å². The monoisotopic (exact) mass is 332 g/mol. The Labute approximate surface area is 136 Å². The maximum absolute atomic E-state index is 12.4. The van der Waals surface area contributed by atoms with Gasteiger partial charge < -0.3 is 14.8 Å². The van der Waals surface area contributed by atoms with E-state index in [-0.39, 0.29) is 5.91 Å². The van der Waals surface area contributed by atoms with Gasteiger partial charge in [-0.2, -0.15) is 5.10 Å². The van der Waals surface area contributed by atoms with E-state index >= 15 is 0 Å². The lowest BCUT2D eigenvalue weighted by molar-refractivity contribution is 0.0948. The summed E-state index contributed by atoms with van der Waals surface area (Å²) >= 11 is 1.52. The molecule has 0 saturated carbocycles. The number of amides is 1. The first-order valence-corrected chi connectivity index (χ1v) is 7.88. The number of fused-ring (bicyclic) bond motifs is 1. The number of rotatable bonds is 6. The predicted molar refractivity (Wildman–Crippen MR) is 86.4 cm³/mol. The van der Waals surface area contributed by atoms with Gasteiger partial charge >= 0.3 is 0 Å². The van der Waals surface area contributed by atoms with E-state index in [0.717, 1.165) is 10.7 Å². The van der Waals surface area contributed by atoms with Crippen LogP contribution in [-0.4, -0.2) is 41.3 Å². The fourth-order valence-electron chi connectivity index (χ4n) is 2.31. The van der Waals surface area contributed by atoms with Gasteiger partial charge in [0.25, 0.3) is 5.91 Å². The van der Waals surface area contributed by atoms with Crippen molar-refractivity contribution < 1.29 is 14.3 Å². The number of nitrogens with one attached hydrogen (secondary N) is 1. The predicted octanol–water partition coefficient (Wildman–Crippen LogP) is 1.78. The standard InChI is InChI=1S/C15H16N4O3S/c1-21-11-4-3-5-12(22-2)13(11)14(20)16-7-6-10-8-23-15-17-9-18-19(10)15/h3-5,8-9H,6-7H2,1-2H3,(H,16,20). The van der Waals surface area contributed by atoms with E-state index in [0.29, 0.717) is 30.0 Å². The summed E-state index contributed by atoms with van der Waals surface area (Å²) in [6.45, 7) is 0.478. The third-order valence-electron chi connectivity index (χ3n) is 3.41. The summed E-state index contributed by atoms with van der Waals surface area (Å²) in [5.74, 6) is 0.733. The van der Waals surface area contributed by atoms with Crippen LogP contribution >= 0.6 is 11.3 Å². The number of thiazole rings is 1. The van der Waals surface area contributed by atoms with Crippen LogP contribution in [0.4, 0.5) is 0 Å². The van der Waals surface area contributed by atoms with Crippen LogP contribution in [0.25, 0.3) is 4.96 Å². The molecule has 0 aliphatic carbocycles. The van der Waals surface area contributed by atoms with Crippen molar-refractivity contribution in [1.82, 2.24) is 19.9 Å². The molecule has 7 nitrogen and oxygen atoms in total. The summed E-state index contributed by atoms with van der Waals surface area (Å²) in [5, 5.41) is 9.03. The van der Waals surface area contributed by atoms with Gasteiger partial charge in [0.05, 0.1) is 19.9 Å². The van der Waals surface area contributed by atoms with Crippen LogP contribution in [0, 0.1) is 0 Å². The van der Waals surface area contributed by atoms with E-state index in [9.17, 15) is 4.79 Å². The lowest BCUT2D eigenvalue weighted by Gasteiger charge is -2.12. The van der Waals surface area contributed by atoms with Gasteiger partial charge in [-0.15, -0.1) is 11.3 Å². The summed E-state index contributed by atoms with van der Waals surface area (Å²) in [6.07, 6.45) is 2.18. The Morgan fingerprint density at radius 1 is 1.30 bits per heavy atom. The molecule has 2 aromatic heterocycles. The van der Waals surface area contributed by atoms with Crippen LogP contribution in [0.3, 0.4) is 0 Å². The second-order valence-corrected chi connectivity index (χ2v) is 5.56. The highest BCUT2D eigenvalue weighted by molar-refractivity contribution is 7.15. The van der Waals surface area contributed by atoms with Crippen molar-refractivity contribution in [3.63, 3.8) is 0 Å². The summed E-state index contributed by atoms with van der Waals surface area (Å²) in [4.78, 5) is 17.4. The number of benzene rings is 1. The van der Waals surface area contributed by atoms with Crippen LogP contribution in [0.5, 0.6) is 11.5 Å². The van der Waals surface area contributed by atoms with E-state index in [1.807, 2.05) is 5.38 Å². The highest BCUT2D eigenvalue weighted by atomic mass is 32.1. The van der Waals surface area contributed by atoms with Crippen LogP contribution in [0.1, 0.15) is 16.1 Å². The van der Waals surface area contributed by atoms with Gasteiger partial charge in [-0.25, -0.2) is 9.50 Å². The number of methoxy groups -OCH3 is 2. The first-order valence-electron chi connectivity index (χ1n) is 7.00. The van der Waals surface area contributed by atoms with Crippen LogP contribution in [0.2, 0.25) is 0 Å². The van der Waals surface area contributed by atoms with Crippen LogP contribution in [0.15, 0.2) is 29.9 Å². The van der Waals surface area contributed by atoms with E-state index in [2.05, 4.69) is 15.4 Å². The quantitative estimate of drug-likeness (QED) is 0.744. The zero-order valence-electron chi connectivity index (χ0n) is 12.8. The average Bonchev–Trinajstić information content (AvgIpc) is 3.18. The lowest BCUT2D eigenvalue weighted by Crippen LogP contribution is -2.27. The van der Waals surface area contributed by atoms with Crippen LogP contribution < -0.4 is 14.8 Å². The molecule has 0 bridgehead atoms. The molecule has 1 N–H and O–H groups in total. The Bertz CT molecular complexity index is 805. The molecule has 0 atom stereocenters. The van der Waals surface area contributed by atoms with Crippen molar-refractivity contribution in [1.29, 1.82) is 0 Å². The fraction of sp³-hybridized carbons (Fsp3) is 0.267. The van der Waals surface area contributed by atoms with E-state index in [1.54, 1.807) is 22.7 Å². The maximum atomic E-state index is 12.4. The molecule has 0 spiro atoms. The average molecular weight is 332 g/mol. The number of carbonyl (C=O) groups excluding carboxylic acids is 1. The molecule has 2 heterocycles. The smallest absolute Gasteiger partial charge is 0.258 e. The molecule has 0 radical (unpaired) electrons. The maximum Gasteiger partial charge on any atom is 0.258 e. The Hall–Kier alpha value is -2.61.